The summed E-state index contributed by atoms with van der Waals surface area (Å²) in [7, 11) is 0. The molecule has 0 radical (unpaired) electrons. The van der Waals surface area contributed by atoms with Crippen molar-refractivity contribution in [3.63, 3.8) is 0 Å². The number of unbranched alkanes of at least 4 members (excludes halogenated alkanes) is 28. The molecule has 0 rings (SSSR count). The number of carbonyl (C=O) groups excluding carboxylic acids is 3. The lowest BCUT2D eigenvalue weighted by Crippen LogP contribution is -2.30. The molecule has 450 valence electrons. The molecule has 0 aliphatic carbocycles. The van der Waals surface area contributed by atoms with Crippen LogP contribution < -0.4 is 0 Å². The maximum absolute atomic E-state index is 12.9. The summed E-state index contributed by atoms with van der Waals surface area (Å²) >= 11 is 0. The molecule has 0 aromatic carbocycles. The van der Waals surface area contributed by atoms with Gasteiger partial charge in [0, 0.05) is 19.3 Å². The van der Waals surface area contributed by atoms with Crippen molar-refractivity contribution in [2.45, 2.75) is 309 Å². The normalized spacial score (nSPS) is 12.9. The van der Waals surface area contributed by atoms with Gasteiger partial charge in [0.15, 0.2) is 6.10 Å². The zero-order chi connectivity index (χ0) is 57.1. The van der Waals surface area contributed by atoms with Gasteiger partial charge in [0.2, 0.25) is 0 Å². The maximum atomic E-state index is 12.9. The zero-order valence-electron chi connectivity index (χ0n) is 51.6. The van der Waals surface area contributed by atoms with Crippen LogP contribution >= 0.6 is 0 Å². The van der Waals surface area contributed by atoms with E-state index in [9.17, 15) is 14.4 Å². The Kier molecular flexibility index (Phi) is 62.8. The number of hydrogen-bond acceptors (Lipinski definition) is 6. The molecule has 0 heterocycles. The smallest absolute Gasteiger partial charge is 0.306 e. The highest BCUT2D eigenvalue weighted by atomic mass is 16.6. The van der Waals surface area contributed by atoms with Gasteiger partial charge in [-0.3, -0.25) is 14.4 Å². The third kappa shape index (κ3) is 64.5. The summed E-state index contributed by atoms with van der Waals surface area (Å²) in [5.74, 6) is -0.900. The van der Waals surface area contributed by atoms with Crippen LogP contribution in [0.4, 0.5) is 0 Å². The van der Waals surface area contributed by atoms with E-state index < -0.39 is 6.10 Å². The Balaban J connectivity index is 4.26. The second kappa shape index (κ2) is 66.3. The molecule has 0 saturated carbocycles. The number of carbonyl (C=O) groups is 3. The Hall–Kier alpha value is -4.19. The van der Waals surface area contributed by atoms with Crippen molar-refractivity contribution in [1.82, 2.24) is 0 Å². The van der Waals surface area contributed by atoms with Gasteiger partial charge >= 0.3 is 17.9 Å². The molecule has 0 spiro atoms. The van der Waals surface area contributed by atoms with Gasteiger partial charge < -0.3 is 14.2 Å². The molecule has 6 heteroatoms. The second-order valence-corrected chi connectivity index (χ2v) is 21.6. The maximum Gasteiger partial charge on any atom is 0.306 e. The third-order valence-electron chi connectivity index (χ3n) is 13.9. The number of rotatable bonds is 59. The summed E-state index contributed by atoms with van der Waals surface area (Å²) in [6.45, 7) is 6.46. The van der Waals surface area contributed by atoms with Gasteiger partial charge in [-0.05, 0) is 109 Å². The second-order valence-electron chi connectivity index (χ2n) is 21.6. The van der Waals surface area contributed by atoms with Crippen LogP contribution in [0.1, 0.15) is 303 Å². The van der Waals surface area contributed by atoms with Crippen LogP contribution in [0, 0.1) is 0 Å². The lowest BCUT2D eigenvalue weighted by atomic mass is 10.0. The Morgan fingerprint density at radius 1 is 0.266 bits per heavy atom. The van der Waals surface area contributed by atoms with Crippen molar-refractivity contribution in [3.05, 3.63) is 122 Å². The average molecular weight is 1100 g/mol. The number of hydrogen-bond donors (Lipinski definition) is 0. The molecule has 1 atom stereocenters. The average Bonchev–Trinajstić information content (AvgIpc) is 3.45. The van der Waals surface area contributed by atoms with Gasteiger partial charge in [0.1, 0.15) is 13.2 Å². The summed E-state index contributed by atoms with van der Waals surface area (Å²) in [4.78, 5) is 38.3. The molecular formula is C73H122O6. The van der Waals surface area contributed by atoms with E-state index in [1.165, 1.54) is 116 Å². The van der Waals surface area contributed by atoms with E-state index in [0.717, 1.165) is 148 Å². The molecule has 79 heavy (non-hydrogen) atoms. The highest BCUT2D eigenvalue weighted by Gasteiger charge is 2.19. The topological polar surface area (TPSA) is 78.9 Å². The van der Waals surface area contributed by atoms with Crippen LogP contribution in [-0.4, -0.2) is 37.2 Å². The minimum Gasteiger partial charge on any atom is -0.462 e. The summed E-state index contributed by atoms with van der Waals surface area (Å²) in [6, 6.07) is 0. The van der Waals surface area contributed by atoms with Gasteiger partial charge in [-0.2, -0.15) is 0 Å². The standard InChI is InChI=1S/C73H122O6/c1-4-7-10-13-16-19-22-25-27-28-29-30-31-32-33-34-35-36-37-38-39-40-41-42-43-44-46-48-51-54-57-60-63-66-72(75)78-69-70(68-77-71(74)65-62-59-56-53-50-47-24-21-18-15-12-9-6-3)79-73(76)67-64-61-58-55-52-49-45-26-23-20-17-14-11-8-5-2/h7,10,12,15-16,19,21,24-25,27,29-30,32-33,35-36,38-39,41-42,70H,4-6,8-9,11,13-14,17-18,20,22-23,26,28,31,34,37,40,43-69H2,1-3H3/b10-7-,15-12-,19-16-,24-21-,27-25-,30-29-,33-32-,36-35-,39-38-,42-41-. The molecule has 0 fully saturated rings. The highest BCUT2D eigenvalue weighted by Crippen LogP contribution is 2.16. The van der Waals surface area contributed by atoms with Gasteiger partial charge in [-0.25, -0.2) is 0 Å². The van der Waals surface area contributed by atoms with Crippen LogP contribution in [0.2, 0.25) is 0 Å². The molecule has 0 aromatic rings. The lowest BCUT2D eigenvalue weighted by Gasteiger charge is -2.18. The molecular weight excluding hydrogens is 973 g/mol. The van der Waals surface area contributed by atoms with E-state index in [-0.39, 0.29) is 31.1 Å². The van der Waals surface area contributed by atoms with Crippen LogP contribution in [0.25, 0.3) is 0 Å². The van der Waals surface area contributed by atoms with E-state index in [2.05, 4.69) is 142 Å². The summed E-state index contributed by atoms with van der Waals surface area (Å²) in [6.07, 6.45) is 92.1. The quantitative estimate of drug-likeness (QED) is 0.0261. The first kappa shape index (κ1) is 74.8. The first-order valence-corrected chi connectivity index (χ1v) is 33.0. The minimum atomic E-state index is -0.788. The number of allylic oxidation sites excluding steroid dienone is 20. The molecule has 0 amide bonds. The van der Waals surface area contributed by atoms with Crippen molar-refractivity contribution < 1.29 is 28.6 Å². The van der Waals surface area contributed by atoms with E-state index >= 15 is 0 Å². The molecule has 0 aromatic heterocycles. The Labute approximate surface area is 488 Å². The molecule has 6 nitrogen and oxygen atoms in total. The molecule has 0 bridgehead atoms. The van der Waals surface area contributed by atoms with Crippen molar-refractivity contribution >= 4 is 17.9 Å². The van der Waals surface area contributed by atoms with E-state index in [1.807, 2.05) is 0 Å². The summed E-state index contributed by atoms with van der Waals surface area (Å²) < 4.78 is 16.9. The minimum absolute atomic E-state index is 0.0862. The molecule has 0 aliphatic heterocycles. The molecule has 0 N–H and O–H groups in total. The number of ether oxygens (including phenoxy) is 3. The van der Waals surface area contributed by atoms with Crippen LogP contribution in [0.3, 0.4) is 0 Å². The predicted octanol–water partition coefficient (Wildman–Crippen LogP) is 22.8. The lowest BCUT2D eigenvalue weighted by molar-refractivity contribution is -0.167. The van der Waals surface area contributed by atoms with Gasteiger partial charge in [-0.1, -0.05) is 296 Å². The third-order valence-corrected chi connectivity index (χ3v) is 13.9. The summed E-state index contributed by atoms with van der Waals surface area (Å²) in [5, 5.41) is 0. The first-order valence-electron chi connectivity index (χ1n) is 33.0. The largest absolute Gasteiger partial charge is 0.462 e. The van der Waals surface area contributed by atoms with Crippen molar-refractivity contribution in [2.75, 3.05) is 13.2 Å². The van der Waals surface area contributed by atoms with E-state index in [0.29, 0.717) is 19.3 Å². The Morgan fingerprint density at radius 3 is 0.823 bits per heavy atom. The fraction of sp³-hybridized carbons (Fsp3) is 0.685. The van der Waals surface area contributed by atoms with Crippen molar-refractivity contribution in [3.8, 4) is 0 Å². The fourth-order valence-electron chi connectivity index (χ4n) is 9.03. The predicted molar refractivity (Wildman–Crippen MR) is 343 cm³/mol. The van der Waals surface area contributed by atoms with Gasteiger partial charge in [0.05, 0.1) is 0 Å². The van der Waals surface area contributed by atoms with E-state index in [4.69, 9.17) is 14.2 Å². The molecule has 0 aliphatic rings. The zero-order valence-corrected chi connectivity index (χ0v) is 51.6. The van der Waals surface area contributed by atoms with Crippen LogP contribution in [0.15, 0.2) is 122 Å². The highest BCUT2D eigenvalue weighted by molar-refractivity contribution is 5.71. The van der Waals surface area contributed by atoms with Crippen LogP contribution in [-0.2, 0) is 28.6 Å². The SMILES string of the molecule is CC/C=C\C/C=C\C/C=C\C/C=C\C/C=C\C/C=C\C/C=C\C/C=C\CCCCCCCCCCC(=O)OCC(COC(=O)CCCCCCC/C=C\C/C=C\CCC)OC(=O)CCCCCCCCCCCCCCCCC. The van der Waals surface area contributed by atoms with E-state index in [1.54, 1.807) is 0 Å². The molecule has 0 saturated heterocycles. The van der Waals surface area contributed by atoms with Crippen molar-refractivity contribution in [2.24, 2.45) is 0 Å². The van der Waals surface area contributed by atoms with Gasteiger partial charge in [-0.15, -0.1) is 0 Å². The monoisotopic (exact) mass is 1090 g/mol. The first-order chi connectivity index (χ1) is 39.0. The van der Waals surface area contributed by atoms with Gasteiger partial charge in [0.25, 0.3) is 0 Å². The summed E-state index contributed by atoms with van der Waals surface area (Å²) in [5.41, 5.74) is 0. The Morgan fingerprint density at radius 2 is 0.519 bits per heavy atom. The Bertz CT molecular complexity index is 1640. The fourth-order valence-corrected chi connectivity index (χ4v) is 9.03. The molecule has 1 unspecified atom stereocenters. The van der Waals surface area contributed by atoms with Crippen LogP contribution in [0.5, 0.6) is 0 Å². The number of esters is 3. The van der Waals surface area contributed by atoms with Crippen molar-refractivity contribution in [1.29, 1.82) is 0 Å².